The van der Waals surface area contributed by atoms with Crippen LogP contribution in [0.25, 0.3) is 0 Å². The monoisotopic (exact) mass is 325 g/mol. The molecule has 8 heteroatoms. The summed E-state index contributed by atoms with van der Waals surface area (Å²) in [5.41, 5.74) is -0.620. The highest BCUT2D eigenvalue weighted by molar-refractivity contribution is 6.04. The van der Waals surface area contributed by atoms with Crippen molar-refractivity contribution in [3.05, 3.63) is 52.5 Å². The quantitative estimate of drug-likeness (QED) is 0.694. The van der Waals surface area contributed by atoms with Gasteiger partial charge in [0.15, 0.2) is 23.3 Å². The number of nitrogens with zero attached hydrogens (tertiary/aromatic N) is 2. The molecular formula is C15H11F4N3O. The van der Waals surface area contributed by atoms with Gasteiger partial charge in [-0.15, -0.1) is 0 Å². The van der Waals surface area contributed by atoms with Gasteiger partial charge in [0.2, 0.25) is 0 Å². The third kappa shape index (κ3) is 3.01. The maximum atomic E-state index is 13.6. The lowest BCUT2D eigenvalue weighted by Crippen LogP contribution is -2.19. The van der Waals surface area contributed by atoms with Gasteiger partial charge in [-0.3, -0.25) is 4.79 Å². The number of aryl methyl sites for hydroxylation is 1. The average molecular weight is 325 g/mol. The zero-order chi connectivity index (χ0) is 16.7. The summed E-state index contributed by atoms with van der Waals surface area (Å²) in [5, 5.41) is 2.15. The predicted octanol–water partition coefficient (Wildman–Crippen LogP) is 3.47. The van der Waals surface area contributed by atoms with E-state index in [1.807, 2.05) is 0 Å². The Labute approximate surface area is 128 Å². The Kier molecular flexibility index (Phi) is 3.75. The van der Waals surface area contributed by atoms with E-state index in [0.717, 1.165) is 12.8 Å². The van der Waals surface area contributed by atoms with E-state index in [0.29, 0.717) is 11.5 Å². The first-order chi connectivity index (χ1) is 10.9. The molecule has 0 bridgehead atoms. The van der Waals surface area contributed by atoms with Gasteiger partial charge in [-0.05, 0) is 19.8 Å². The Morgan fingerprint density at radius 2 is 1.70 bits per heavy atom. The highest BCUT2D eigenvalue weighted by Gasteiger charge is 2.28. The first-order valence-corrected chi connectivity index (χ1v) is 6.86. The number of rotatable bonds is 3. The zero-order valence-electron chi connectivity index (χ0n) is 12.0. The van der Waals surface area contributed by atoms with E-state index in [-0.39, 0.29) is 17.8 Å². The Balaban J connectivity index is 1.94. The van der Waals surface area contributed by atoms with Gasteiger partial charge in [0.25, 0.3) is 5.91 Å². The number of hydrogen-bond acceptors (Lipinski definition) is 3. The summed E-state index contributed by atoms with van der Waals surface area (Å²) in [6.45, 7) is 1.60. The lowest BCUT2D eigenvalue weighted by atomic mass is 10.1. The molecule has 1 aliphatic carbocycles. The molecule has 1 aromatic carbocycles. The molecule has 0 unspecified atom stereocenters. The molecule has 1 fully saturated rings. The van der Waals surface area contributed by atoms with Gasteiger partial charge in [0, 0.05) is 23.7 Å². The number of amides is 1. The molecular weight excluding hydrogens is 314 g/mol. The van der Waals surface area contributed by atoms with Crippen LogP contribution < -0.4 is 5.32 Å². The van der Waals surface area contributed by atoms with Crippen LogP contribution in [0.15, 0.2) is 12.1 Å². The van der Waals surface area contributed by atoms with Gasteiger partial charge >= 0.3 is 0 Å². The van der Waals surface area contributed by atoms with Crippen LogP contribution in [0.2, 0.25) is 0 Å². The van der Waals surface area contributed by atoms with Gasteiger partial charge in [0.1, 0.15) is 17.2 Å². The van der Waals surface area contributed by atoms with Crippen LogP contribution in [-0.4, -0.2) is 15.9 Å². The molecule has 2 aromatic rings. The topological polar surface area (TPSA) is 54.9 Å². The average Bonchev–Trinajstić information content (AvgIpc) is 3.29. The Bertz CT molecular complexity index is 780. The fraction of sp³-hybridized carbons (Fsp3) is 0.267. The van der Waals surface area contributed by atoms with Crippen molar-refractivity contribution in [1.29, 1.82) is 0 Å². The number of benzene rings is 1. The van der Waals surface area contributed by atoms with Crippen LogP contribution in [-0.2, 0) is 0 Å². The summed E-state index contributed by atoms with van der Waals surface area (Å²) in [4.78, 5) is 20.1. The smallest absolute Gasteiger partial charge is 0.263 e. The molecule has 0 aliphatic heterocycles. The predicted molar refractivity (Wildman–Crippen MR) is 73.0 cm³/mol. The Hall–Kier alpha value is -2.51. The van der Waals surface area contributed by atoms with E-state index >= 15 is 0 Å². The van der Waals surface area contributed by atoms with E-state index in [1.54, 1.807) is 6.92 Å². The van der Waals surface area contributed by atoms with Crippen molar-refractivity contribution in [2.45, 2.75) is 25.7 Å². The van der Waals surface area contributed by atoms with Gasteiger partial charge in [0.05, 0.1) is 0 Å². The van der Waals surface area contributed by atoms with E-state index in [9.17, 15) is 22.4 Å². The van der Waals surface area contributed by atoms with Crippen molar-refractivity contribution in [1.82, 2.24) is 9.97 Å². The third-order valence-electron chi connectivity index (χ3n) is 3.43. The van der Waals surface area contributed by atoms with Gasteiger partial charge in [-0.25, -0.2) is 27.5 Å². The van der Waals surface area contributed by atoms with E-state index < -0.39 is 34.7 Å². The second-order valence-corrected chi connectivity index (χ2v) is 5.30. The fourth-order valence-corrected chi connectivity index (χ4v) is 2.19. The largest absolute Gasteiger partial charge is 0.306 e. The van der Waals surface area contributed by atoms with Crippen LogP contribution in [0, 0.1) is 30.2 Å². The maximum absolute atomic E-state index is 13.6. The molecule has 120 valence electrons. The molecule has 0 saturated heterocycles. The van der Waals surface area contributed by atoms with Crippen molar-refractivity contribution in [2.24, 2.45) is 0 Å². The normalized spacial score (nSPS) is 14.0. The molecule has 0 spiro atoms. The zero-order valence-corrected chi connectivity index (χ0v) is 12.0. The van der Waals surface area contributed by atoms with Crippen molar-refractivity contribution in [3.63, 3.8) is 0 Å². The first-order valence-electron chi connectivity index (χ1n) is 6.86. The molecule has 0 atom stereocenters. The maximum Gasteiger partial charge on any atom is 0.263 e. The second kappa shape index (κ2) is 5.60. The lowest BCUT2D eigenvalue weighted by Gasteiger charge is -2.09. The number of nitrogens with one attached hydrogen (secondary N) is 1. The molecule has 3 rings (SSSR count). The van der Waals surface area contributed by atoms with Gasteiger partial charge < -0.3 is 5.32 Å². The van der Waals surface area contributed by atoms with Crippen molar-refractivity contribution in [3.8, 4) is 0 Å². The molecule has 4 nitrogen and oxygen atoms in total. The number of carbonyl (C=O) groups is 1. The van der Waals surface area contributed by atoms with Gasteiger partial charge in [-0.2, -0.15) is 0 Å². The van der Waals surface area contributed by atoms with E-state index in [4.69, 9.17) is 0 Å². The summed E-state index contributed by atoms with van der Waals surface area (Å²) in [6.07, 6.45) is 1.92. The summed E-state index contributed by atoms with van der Waals surface area (Å²) in [7, 11) is 0. The highest BCUT2D eigenvalue weighted by atomic mass is 19.2. The van der Waals surface area contributed by atoms with E-state index in [1.165, 1.54) is 6.07 Å². The van der Waals surface area contributed by atoms with E-state index in [2.05, 4.69) is 15.3 Å². The summed E-state index contributed by atoms with van der Waals surface area (Å²) in [5.74, 6) is -7.46. The van der Waals surface area contributed by atoms with Crippen LogP contribution in [0.3, 0.4) is 0 Å². The Morgan fingerprint density at radius 1 is 1.09 bits per heavy atom. The summed E-state index contributed by atoms with van der Waals surface area (Å²) in [6, 6.07) is 1.52. The fourth-order valence-electron chi connectivity index (χ4n) is 2.19. The highest BCUT2D eigenvalue weighted by Crippen LogP contribution is 2.39. The van der Waals surface area contributed by atoms with Crippen LogP contribution >= 0.6 is 0 Å². The number of anilines is 1. The summed E-state index contributed by atoms with van der Waals surface area (Å²) < 4.78 is 53.6. The SMILES string of the molecule is Cc1nc(NC(=O)c2c(F)c(F)cc(F)c2F)cc(C2CC2)n1. The molecule has 0 radical (unpaired) electrons. The molecule has 1 aromatic heterocycles. The summed E-state index contributed by atoms with van der Waals surface area (Å²) >= 11 is 0. The van der Waals surface area contributed by atoms with Crippen LogP contribution in [0.5, 0.6) is 0 Å². The molecule has 1 saturated carbocycles. The number of aromatic nitrogens is 2. The molecule has 23 heavy (non-hydrogen) atoms. The van der Waals surface area contributed by atoms with Crippen molar-refractivity contribution < 1.29 is 22.4 Å². The molecule has 1 heterocycles. The second-order valence-electron chi connectivity index (χ2n) is 5.30. The van der Waals surface area contributed by atoms with Crippen molar-refractivity contribution >= 4 is 11.7 Å². The van der Waals surface area contributed by atoms with Crippen molar-refractivity contribution in [2.75, 3.05) is 5.32 Å². The first kappa shape index (κ1) is 15.4. The number of carbonyl (C=O) groups excluding carboxylic acids is 1. The minimum absolute atomic E-state index is 0.0212. The minimum Gasteiger partial charge on any atom is -0.306 e. The lowest BCUT2D eigenvalue weighted by molar-refractivity contribution is 0.101. The van der Waals surface area contributed by atoms with Gasteiger partial charge in [-0.1, -0.05) is 0 Å². The third-order valence-corrected chi connectivity index (χ3v) is 3.43. The molecule has 1 amide bonds. The Morgan fingerprint density at radius 3 is 2.26 bits per heavy atom. The van der Waals surface area contributed by atoms with Crippen LogP contribution in [0.4, 0.5) is 23.4 Å². The minimum atomic E-state index is -1.76. The van der Waals surface area contributed by atoms with Crippen LogP contribution in [0.1, 0.15) is 40.6 Å². The number of halogens is 4. The number of hydrogen-bond donors (Lipinski definition) is 1. The molecule has 1 aliphatic rings. The standard InChI is InChI=1S/C15H11F4N3O/c1-6-20-10(7-2-3-7)5-11(21-6)22-15(23)12-13(18)8(16)4-9(17)14(12)19/h4-5,7H,2-3H2,1H3,(H,20,21,22,23). The molecule has 1 N–H and O–H groups in total.